The van der Waals surface area contributed by atoms with Crippen LogP contribution in [0.3, 0.4) is 0 Å². The van der Waals surface area contributed by atoms with Crippen molar-refractivity contribution in [3.63, 3.8) is 0 Å². The quantitative estimate of drug-likeness (QED) is 0.674. The normalized spacial score (nSPS) is 11.2. The molecule has 22 heavy (non-hydrogen) atoms. The predicted octanol–water partition coefficient (Wildman–Crippen LogP) is 2.95. The molecule has 0 spiro atoms. The van der Waals surface area contributed by atoms with Crippen LogP contribution in [0.5, 0.6) is 5.75 Å². The molecule has 0 radical (unpaired) electrons. The van der Waals surface area contributed by atoms with Gasteiger partial charge in [-0.05, 0) is 24.1 Å². The molecule has 0 bridgehead atoms. The van der Waals surface area contributed by atoms with E-state index < -0.39 is 0 Å². The van der Waals surface area contributed by atoms with Crippen molar-refractivity contribution in [1.29, 1.82) is 0 Å². The van der Waals surface area contributed by atoms with Crippen molar-refractivity contribution in [3.8, 4) is 5.75 Å². The fraction of sp³-hybridized carbons (Fsp3) is 0.312. The molecule has 114 valence electrons. The van der Waals surface area contributed by atoms with Crippen LogP contribution in [0.4, 0.5) is 0 Å². The molecule has 0 saturated carbocycles. The first kappa shape index (κ1) is 14.3. The lowest BCUT2D eigenvalue weighted by Crippen LogP contribution is -1.99. The molecule has 0 aliphatic heterocycles. The van der Waals surface area contributed by atoms with E-state index in [4.69, 9.17) is 13.7 Å². The Morgan fingerprint density at radius 2 is 2.05 bits per heavy atom. The summed E-state index contributed by atoms with van der Waals surface area (Å²) in [4.78, 5) is 15.5. The molecule has 6 heteroatoms. The molecule has 1 aromatic carbocycles. The largest absolute Gasteiger partial charge is 0.485 e. The molecule has 0 aliphatic carbocycles. The Morgan fingerprint density at radius 1 is 1.23 bits per heavy atom. The highest BCUT2D eigenvalue weighted by atomic mass is 16.5. The summed E-state index contributed by atoms with van der Waals surface area (Å²) >= 11 is 0. The minimum absolute atomic E-state index is 0.199. The molecule has 6 nitrogen and oxygen atoms in total. The van der Waals surface area contributed by atoms with Crippen molar-refractivity contribution < 1.29 is 13.7 Å². The highest BCUT2D eigenvalue weighted by molar-refractivity contribution is 5.77. The van der Waals surface area contributed by atoms with Gasteiger partial charge in [0.1, 0.15) is 11.3 Å². The maximum atomic E-state index is 11.2. The predicted molar refractivity (Wildman–Crippen MR) is 79.7 cm³/mol. The van der Waals surface area contributed by atoms with Gasteiger partial charge in [-0.1, -0.05) is 19.0 Å². The van der Waals surface area contributed by atoms with E-state index in [1.165, 1.54) is 6.07 Å². The van der Waals surface area contributed by atoms with Gasteiger partial charge in [0.15, 0.2) is 6.61 Å². The first-order chi connectivity index (χ1) is 10.6. The number of rotatable bonds is 5. The van der Waals surface area contributed by atoms with E-state index in [0.29, 0.717) is 29.0 Å². The second-order valence-corrected chi connectivity index (χ2v) is 5.45. The van der Waals surface area contributed by atoms with E-state index in [2.05, 4.69) is 24.0 Å². The SMILES string of the molecule is CC(C)Cc1nc(COc2ccc3ccc(=O)oc3c2)no1. The average molecular weight is 300 g/mol. The van der Waals surface area contributed by atoms with Gasteiger partial charge in [0.05, 0.1) is 0 Å². The molecular weight excluding hydrogens is 284 g/mol. The monoisotopic (exact) mass is 300 g/mol. The molecule has 3 aromatic rings. The lowest BCUT2D eigenvalue weighted by Gasteiger charge is -2.04. The number of ether oxygens (including phenoxy) is 1. The van der Waals surface area contributed by atoms with Crippen molar-refractivity contribution in [3.05, 3.63) is 52.5 Å². The van der Waals surface area contributed by atoms with Gasteiger partial charge in [-0.15, -0.1) is 0 Å². The molecule has 0 amide bonds. The molecule has 0 saturated heterocycles. The van der Waals surface area contributed by atoms with E-state index in [0.717, 1.165) is 11.8 Å². The third-order valence-corrected chi connectivity index (χ3v) is 3.06. The molecule has 2 heterocycles. The van der Waals surface area contributed by atoms with Crippen LogP contribution in [0.1, 0.15) is 25.6 Å². The van der Waals surface area contributed by atoms with E-state index in [1.54, 1.807) is 18.2 Å². The fourth-order valence-electron chi connectivity index (χ4n) is 2.06. The molecule has 0 unspecified atom stereocenters. The summed E-state index contributed by atoms with van der Waals surface area (Å²) in [5.74, 6) is 2.14. The second-order valence-electron chi connectivity index (χ2n) is 5.45. The highest BCUT2D eigenvalue weighted by Crippen LogP contribution is 2.20. The molecule has 0 aliphatic rings. The van der Waals surface area contributed by atoms with E-state index in [-0.39, 0.29) is 12.2 Å². The number of aromatic nitrogens is 2. The lowest BCUT2D eigenvalue weighted by atomic mass is 10.1. The first-order valence-corrected chi connectivity index (χ1v) is 7.08. The summed E-state index contributed by atoms with van der Waals surface area (Å²) in [6.07, 6.45) is 0.744. The van der Waals surface area contributed by atoms with Crippen molar-refractivity contribution in [1.82, 2.24) is 10.1 Å². The van der Waals surface area contributed by atoms with E-state index >= 15 is 0 Å². The van der Waals surface area contributed by atoms with Gasteiger partial charge >= 0.3 is 5.63 Å². The first-order valence-electron chi connectivity index (χ1n) is 7.08. The summed E-state index contributed by atoms with van der Waals surface area (Å²) < 4.78 is 15.9. The van der Waals surface area contributed by atoms with Gasteiger partial charge in [-0.3, -0.25) is 0 Å². The maximum absolute atomic E-state index is 11.2. The number of hydrogen-bond acceptors (Lipinski definition) is 6. The Morgan fingerprint density at radius 3 is 2.86 bits per heavy atom. The third kappa shape index (κ3) is 3.33. The molecule has 2 aromatic heterocycles. The van der Waals surface area contributed by atoms with Crippen LogP contribution in [0, 0.1) is 5.92 Å². The van der Waals surface area contributed by atoms with Gasteiger partial charge in [0, 0.05) is 23.9 Å². The summed E-state index contributed by atoms with van der Waals surface area (Å²) in [6.45, 7) is 4.37. The van der Waals surface area contributed by atoms with Gasteiger partial charge in [0.25, 0.3) is 0 Å². The Labute approximate surface area is 126 Å². The zero-order chi connectivity index (χ0) is 15.5. The van der Waals surface area contributed by atoms with Crippen LogP contribution in [0.2, 0.25) is 0 Å². The van der Waals surface area contributed by atoms with Crippen molar-refractivity contribution >= 4 is 11.0 Å². The van der Waals surface area contributed by atoms with E-state index in [1.807, 2.05) is 6.07 Å². The summed E-state index contributed by atoms with van der Waals surface area (Å²) in [5.41, 5.74) is 0.0970. The van der Waals surface area contributed by atoms with Crippen LogP contribution in [0.15, 0.2) is 44.1 Å². The van der Waals surface area contributed by atoms with Gasteiger partial charge < -0.3 is 13.7 Å². The molecule has 0 atom stereocenters. The van der Waals surface area contributed by atoms with Gasteiger partial charge in [-0.2, -0.15) is 4.98 Å². The van der Waals surface area contributed by atoms with E-state index in [9.17, 15) is 4.79 Å². The topological polar surface area (TPSA) is 78.4 Å². The summed E-state index contributed by atoms with van der Waals surface area (Å²) in [6, 6.07) is 8.40. The van der Waals surface area contributed by atoms with Crippen molar-refractivity contribution in [2.24, 2.45) is 5.92 Å². The summed E-state index contributed by atoms with van der Waals surface area (Å²) in [7, 11) is 0. The zero-order valence-electron chi connectivity index (χ0n) is 12.4. The van der Waals surface area contributed by atoms with Crippen LogP contribution < -0.4 is 10.4 Å². The number of fused-ring (bicyclic) bond motifs is 1. The molecular formula is C16H16N2O4. The van der Waals surface area contributed by atoms with Crippen LogP contribution >= 0.6 is 0 Å². The number of nitrogens with zero attached hydrogens (tertiary/aromatic N) is 2. The number of hydrogen-bond donors (Lipinski definition) is 0. The Bertz CT molecular complexity index is 835. The lowest BCUT2D eigenvalue weighted by molar-refractivity contribution is 0.284. The molecule has 3 rings (SSSR count). The Balaban J connectivity index is 1.70. The Hall–Kier alpha value is -2.63. The molecule has 0 fully saturated rings. The van der Waals surface area contributed by atoms with Crippen LogP contribution in [-0.4, -0.2) is 10.1 Å². The van der Waals surface area contributed by atoms with Gasteiger partial charge in [0.2, 0.25) is 11.7 Å². The minimum atomic E-state index is -0.388. The minimum Gasteiger partial charge on any atom is -0.485 e. The average Bonchev–Trinajstić information content (AvgIpc) is 2.91. The van der Waals surface area contributed by atoms with Crippen molar-refractivity contribution in [2.45, 2.75) is 26.9 Å². The van der Waals surface area contributed by atoms with Gasteiger partial charge in [-0.25, -0.2) is 4.79 Å². The maximum Gasteiger partial charge on any atom is 0.336 e. The Kier molecular flexibility index (Phi) is 3.91. The standard InChI is InChI=1S/C16H16N2O4/c1-10(2)7-15-17-14(18-22-15)9-20-12-5-3-11-4-6-16(19)21-13(11)8-12/h3-6,8,10H,7,9H2,1-2H3. The smallest absolute Gasteiger partial charge is 0.336 e. The van der Waals surface area contributed by atoms with Crippen molar-refractivity contribution in [2.75, 3.05) is 0 Å². The highest BCUT2D eigenvalue weighted by Gasteiger charge is 2.09. The summed E-state index contributed by atoms with van der Waals surface area (Å²) in [5, 5.41) is 4.71. The zero-order valence-corrected chi connectivity index (χ0v) is 12.4. The number of benzene rings is 1. The second kappa shape index (κ2) is 6.01. The van der Waals surface area contributed by atoms with Crippen LogP contribution in [0.25, 0.3) is 11.0 Å². The third-order valence-electron chi connectivity index (χ3n) is 3.06. The van der Waals surface area contributed by atoms with Crippen LogP contribution in [-0.2, 0) is 13.0 Å². The fourth-order valence-corrected chi connectivity index (χ4v) is 2.06. The molecule has 0 N–H and O–H groups in total.